The molecule has 1 aliphatic rings. The highest BCUT2D eigenvalue weighted by atomic mass is 16.2. The van der Waals surface area contributed by atoms with Crippen molar-refractivity contribution in [3.63, 3.8) is 0 Å². The number of hydrogen-bond donors (Lipinski definition) is 0. The zero-order chi connectivity index (χ0) is 19.7. The number of aromatic nitrogens is 2. The number of amides is 1. The molecule has 0 saturated carbocycles. The van der Waals surface area contributed by atoms with E-state index in [0.717, 1.165) is 48.6 Å². The molecule has 2 aromatic rings. The van der Waals surface area contributed by atoms with Crippen molar-refractivity contribution in [3.8, 4) is 0 Å². The molecule has 2 unspecified atom stereocenters. The van der Waals surface area contributed by atoms with E-state index in [1.807, 2.05) is 36.9 Å². The molecule has 27 heavy (non-hydrogen) atoms. The average molecular weight is 370 g/mol. The number of carbonyl (C=O) groups excluding carboxylic acids is 1. The maximum atomic E-state index is 13.1. The lowest BCUT2D eigenvalue weighted by Crippen LogP contribution is -2.59. The number of likely N-dealkylation sites (N-methyl/N-ethyl adjacent to an activating group) is 1. The lowest BCUT2D eigenvalue weighted by molar-refractivity contribution is 0.0283. The molecule has 6 heteroatoms. The van der Waals surface area contributed by atoms with Gasteiger partial charge in [0.2, 0.25) is 0 Å². The van der Waals surface area contributed by atoms with E-state index >= 15 is 0 Å². The van der Waals surface area contributed by atoms with Crippen molar-refractivity contribution in [2.45, 2.75) is 39.8 Å². The molecule has 2 atom stereocenters. The molecule has 0 bridgehead atoms. The van der Waals surface area contributed by atoms with E-state index in [0.29, 0.717) is 17.6 Å². The second kappa shape index (κ2) is 7.90. The van der Waals surface area contributed by atoms with Crippen molar-refractivity contribution in [3.05, 3.63) is 35.2 Å². The number of fused-ring (bicyclic) bond motifs is 1. The van der Waals surface area contributed by atoms with E-state index in [4.69, 9.17) is 0 Å². The first kappa shape index (κ1) is 19.7. The number of carbonyl (C=O) groups is 1. The zero-order valence-electron chi connectivity index (χ0n) is 17.4. The quantitative estimate of drug-likeness (QED) is 0.828. The highest BCUT2D eigenvalue weighted by molar-refractivity contribution is 5.97. The summed E-state index contributed by atoms with van der Waals surface area (Å²) in [4.78, 5) is 29.0. The minimum absolute atomic E-state index is 0.0860. The van der Waals surface area contributed by atoms with Crippen LogP contribution in [0.2, 0.25) is 0 Å². The number of rotatable bonds is 4. The van der Waals surface area contributed by atoms with Gasteiger partial charge in [0.05, 0.1) is 22.4 Å². The van der Waals surface area contributed by atoms with Crippen molar-refractivity contribution in [2.24, 2.45) is 0 Å². The van der Waals surface area contributed by atoms with Crippen LogP contribution in [0.4, 0.5) is 0 Å². The first-order chi connectivity index (χ1) is 12.8. The lowest BCUT2D eigenvalue weighted by atomic mass is 10.1. The van der Waals surface area contributed by atoms with Crippen molar-refractivity contribution < 1.29 is 4.79 Å². The van der Waals surface area contributed by atoms with Gasteiger partial charge in [-0.05, 0) is 60.0 Å². The molecule has 3 rings (SSSR count). The van der Waals surface area contributed by atoms with Gasteiger partial charge in [-0.1, -0.05) is 0 Å². The molecule has 1 aromatic heterocycles. The summed E-state index contributed by atoms with van der Waals surface area (Å²) in [6, 6.07) is 6.36. The SMILES string of the molecule is Cc1nc2ccc(C(=O)N3CC(C)N(CCN(C)C)C(C)C3)cc2nc1C. The minimum Gasteiger partial charge on any atom is -0.336 e. The van der Waals surface area contributed by atoms with Crippen molar-refractivity contribution >= 4 is 16.9 Å². The molecule has 0 radical (unpaired) electrons. The fourth-order valence-corrected chi connectivity index (χ4v) is 3.82. The smallest absolute Gasteiger partial charge is 0.254 e. The Morgan fingerprint density at radius 2 is 1.67 bits per heavy atom. The molecule has 1 aliphatic heterocycles. The molecule has 1 fully saturated rings. The van der Waals surface area contributed by atoms with Gasteiger partial charge in [0.15, 0.2) is 0 Å². The summed E-state index contributed by atoms with van der Waals surface area (Å²) in [6.07, 6.45) is 0. The average Bonchev–Trinajstić information content (AvgIpc) is 2.60. The van der Waals surface area contributed by atoms with Gasteiger partial charge in [-0.25, -0.2) is 9.97 Å². The molecule has 1 amide bonds. The van der Waals surface area contributed by atoms with E-state index < -0.39 is 0 Å². The predicted molar refractivity (Wildman–Crippen MR) is 109 cm³/mol. The standard InChI is InChI=1S/C21H31N5O/c1-14-12-25(13-15(2)26(14)10-9-24(5)6)21(27)18-7-8-19-20(11-18)23-17(4)16(3)22-19/h7-8,11,14-15H,9-10,12-13H2,1-6H3. The molecule has 0 spiro atoms. The molecule has 146 valence electrons. The highest BCUT2D eigenvalue weighted by Crippen LogP contribution is 2.20. The van der Waals surface area contributed by atoms with Crippen LogP contribution in [0, 0.1) is 13.8 Å². The van der Waals surface area contributed by atoms with E-state index in [1.165, 1.54) is 0 Å². The molecule has 0 aliphatic carbocycles. The van der Waals surface area contributed by atoms with Gasteiger partial charge in [0, 0.05) is 43.8 Å². The second-order valence-corrected chi connectivity index (χ2v) is 8.05. The van der Waals surface area contributed by atoms with Crippen LogP contribution in [0.5, 0.6) is 0 Å². The maximum absolute atomic E-state index is 13.1. The van der Waals surface area contributed by atoms with Crippen LogP contribution in [0.25, 0.3) is 11.0 Å². The fourth-order valence-electron chi connectivity index (χ4n) is 3.82. The Balaban J connectivity index is 1.76. The van der Waals surface area contributed by atoms with Crippen LogP contribution in [-0.2, 0) is 0 Å². The summed E-state index contributed by atoms with van der Waals surface area (Å²) in [7, 11) is 4.20. The monoisotopic (exact) mass is 369 g/mol. The zero-order valence-corrected chi connectivity index (χ0v) is 17.4. The maximum Gasteiger partial charge on any atom is 0.254 e. The molecule has 1 aromatic carbocycles. The Morgan fingerprint density at radius 3 is 2.26 bits per heavy atom. The van der Waals surface area contributed by atoms with Gasteiger partial charge in [-0.15, -0.1) is 0 Å². The van der Waals surface area contributed by atoms with Crippen molar-refractivity contribution in [1.82, 2.24) is 24.7 Å². The molecule has 0 N–H and O–H groups in total. The number of hydrogen-bond acceptors (Lipinski definition) is 5. The van der Waals surface area contributed by atoms with Crippen LogP contribution in [0.3, 0.4) is 0 Å². The van der Waals surface area contributed by atoms with Crippen LogP contribution < -0.4 is 0 Å². The van der Waals surface area contributed by atoms with Gasteiger partial charge >= 0.3 is 0 Å². The fraction of sp³-hybridized carbons (Fsp3) is 0.571. The number of piperazine rings is 1. The number of nitrogens with zero attached hydrogens (tertiary/aromatic N) is 5. The van der Waals surface area contributed by atoms with Crippen molar-refractivity contribution in [1.29, 1.82) is 0 Å². The molecular weight excluding hydrogens is 338 g/mol. The molecule has 1 saturated heterocycles. The van der Waals surface area contributed by atoms with E-state index in [9.17, 15) is 4.79 Å². The molecule has 6 nitrogen and oxygen atoms in total. The number of aryl methyl sites for hydroxylation is 2. The summed E-state index contributed by atoms with van der Waals surface area (Å²) in [5, 5.41) is 0. The van der Waals surface area contributed by atoms with Gasteiger partial charge < -0.3 is 9.80 Å². The highest BCUT2D eigenvalue weighted by Gasteiger charge is 2.32. The molecular formula is C21H31N5O. The largest absolute Gasteiger partial charge is 0.336 e. The first-order valence-electron chi connectivity index (χ1n) is 9.71. The minimum atomic E-state index is 0.0860. The van der Waals surface area contributed by atoms with Gasteiger partial charge in [-0.3, -0.25) is 9.69 Å². The lowest BCUT2D eigenvalue weighted by Gasteiger charge is -2.44. The van der Waals surface area contributed by atoms with Crippen LogP contribution in [0.15, 0.2) is 18.2 Å². The normalized spacial score (nSPS) is 21.2. The van der Waals surface area contributed by atoms with Gasteiger partial charge in [0.25, 0.3) is 5.91 Å². The van der Waals surface area contributed by atoms with Gasteiger partial charge in [0.1, 0.15) is 0 Å². The van der Waals surface area contributed by atoms with E-state index in [-0.39, 0.29) is 5.91 Å². The summed E-state index contributed by atoms with van der Waals surface area (Å²) in [6.45, 7) is 11.9. The van der Waals surface area contributed by atoms with Crippen molar-refractivity contribution in [2.75, 3.05) is 40.3 Å². The van der Waals surface area contributed by atoms with Crippen LogP contribution in [0.1, 0.15) is 35.6 Å². The Bertz CT molecular complexity index is 823. The first-order valence-corrected chi connectivity index (χ1v) is 9.71. The topological polar surface area (TPSA) is 52.6 Å². The summed E-state index contributed by atoms with van der Waals surface area (Å²) in [5.41, 5.74) is 4.16. The predicted octanol–water partition coefficient (Wildman–Crippen LogP) is 2.34. The summed E-state index contributed by atoms with van der Waals surface area (Å²) < 4.78 is 0. The number of benzene rings is 1. The van der Waals surface area contributed by atoms with E-state index in [2.05, 4.69) is 47.7 Å². The van der Waals surface area contributed by atoms with Gasteiger partial charge in [-0.2, -0.15) is 0 Å². The Morgan fingerprint density at radius 1 is 1.07 bits per heavy atom. The summed E-state index contributed by atoms with van der Waals surface area (Å²) >= 11 is 0. The third-order valence-electron chi connectivity index (χ3n) is 5.52. The second-order valence-electron chi connectivity index (χ2n) is 8.05. The van der Waals surface area contributed by atoms with Crippen LogP contribution >= 0.6 is 0 Å². The Hall–Kier alpha value is -2.05. The Labute approximate surface area is 162 Å². The third-order valence-corrected chi connectivity index (χ3v) is 5.52. The Kier molecular flexibility index (Phi) is 5.77. The molecule has 2 heterocycles. The third kappa shape index (κ3) is 4.28. The summed E-state index contributed by atoms with van der Waals surface area (Å²) in [5.74, 6) is 0.0860. The van der Waals surface area contributed by atoms with Crippen LogP contribution in [-0.4, -0.2) is 82.9 Å². The van der Waals surface area contributed by atoms with E-state index in [1.54, 1.807) is 0 Å².